The van der Waals surface area contributed by atoms with Gasteiger partial charge >= 0.3 is 0 Å². The SMILES string of the molecule is O=C(c1ccc(-c2ccccc2)cc1)N1CCCN(C(=O)c2ccco2)CC1. The highest BCUT2D eigenvalue weighted by Crippen LogP contribution is 2.20. The molecular formula is C23H22N2O3. The predicted molar refractivity (Wildman–Crippen MR) is 107 cm³/mol. The fraction of sp³-hybridized carbons (Fsp3) is 0.217. The van der Waals surface area contributed by atoms with Gasteiger partial charge in [0.25, 0.3) is 11.8 Å². The number of benzene rings is 2. The maximum atomic E-state index is 12.9. The lowest BCUT2D eigenvalue weighted by molar-refractivity contribution is 0.0700. The van der Waals surface area contributed by atoms with Crippen LogP contribution in [0.25, 0.3) is 11.1 Å². The Morgan fingerprint density at radius 3 is 1.96 bits per heavy atom. The van der Waals surface area contributed by atoms with Crippen LogP contribution >= 0.6 is 0 Å². The van der Waals surface area contributed by atoms with E-state index >= 15 is 0 Å². The molecule has 0 spiro atoms. The first-order valence-corrected chi connectivity index (χ1v) is 9.50. The van der Waals surface area contributed by atoms with E-state index < -0.39 is 0 Å². The van der Waals surface area contributed by atoms with Gasteiger partial charge in [0.2, 0.25) is 0 Å². The molecule has 0 radical (unpaired) electrons. The van der Waals surface area contributed by atoms with Crippen molar-refractivity contribution in [3.8, 4) is 11.1 Å². The normalized spacial score (nSPS) is 14.6. The zero-order chi connectivity index (χ0) is 19.3. The Labute approximate surface area is 164 Å². The van der Waals surface area contributed by atoms with Gasteiger partial charge in [0.05, 0.1) is 6.26 Å². The first kappa shape index (κ1) is 18.0. The first-order chi connectivity index (χ1) is 13.7. The average Bonchev–Trinajstić information content (AvgIpc) is 3.18. The average molecular weight is 374 g/mol. The van der Waals surface area contributed by atoms with Gasteiger partial charge in [-0.05, 0) is 41.8 Å². The molecule has 5 nitrogen and oxygen atoms in total. The molecular weight excluding hydrogens is 352 g/mol. The van der Waals surface area contributed by atoms with Crippen molar-refractivity contribution in [2.24, 2.45) is 0 Å². The topological polar surface area (TPSA) is 53.8 Å². The quantitative estimate of drug-likeness (QED) is 0.698. The van der Waals surface area contributed by atoms with E-state index in [0.717, 1.165) is 17.5 Å². The summed E-state index contributed by atoms with van der Waals surface area (Å²) in [6.07, 6.45) is 2.25. The van der Waals surface area contributed by atoms with Crippen molar-refractivity contribution >= 4 is 11.8 Å². The lowest BCUT2D eigenvalue weighted by Gasteiger charge is -2.22. The predicted octanol–water partition coefficient (Wildman–Crippen LogP) is 3.93. The van der Waals surface area contributed by atoms with Crippen molar-refractivity contribution in [2.45, 2.75) is 6.42 Å². The van der Waals surface area contributed by atoms with Gasteiger partial charge in [-0.1, -0.05) is 42.5 Å². The number of furan rings is 1. The third-order valence-electron chi connectivity index (χ3n) is 5.04. The number of rotatable bonds is 3. The van der Waals surface area contributed by atoms with Crippen LogP contribution in [0, 0.1) is 0 Å². The Hall–Kier alpha value is -3.34. The summed E-state index contributed by atoms with van der Waals surface area (Å²) in [5.74, 6) is 0.231. The monoisotopic (exact) mass is 374 g/mol. The second-order valence-electron chi connectivity index (χ2n) is 6.86. The van der Waals surface area contributed by atoms with Gasteiger partial charge < -0.3 is 14.2 Å². The summed E-state index contributed by atoms with van der Waals surface area (Å²) in [7, 11) is 0. The van der Waals surface area contributed by atoms with Crippen molar-refractivity contribution in [3.63, 3.8) is 0 Å². The molecule has 1 aromatic heterocycles. The van der Waals surface area contributed by atoms with Crippen LogP contribution in [0.1, 0.15) is 27.3 Å². The molecule has 1 aliphatic heterocycles. The third-order valence-corrected chi connectivity index (χ3v) is 5.04. The number of carbonyl (C=O) groups is 2. The molecule has 0 unspecified atom stereocenters. The van der Waals surface area contributed by atoms with Crippen LogP contribution in [0.2, 0.25) is 0 Å². The maximum Gasteiger partial charge on any atom is 0.289 e. The molecule has 2 amide bonds. The molecule has 5 heteroatoms. The summed E-state index contributed by atoms with van der Waals surface area (Å²) in [4.78, 5) is 29.0. The molecule has 0 aliphatic carbocycles. The van der Waals surface area contributed by atoms with Crippen molar-refractivity contribution in [1.29, 1.82) is 0 Å². The van der Waals surface area contributed by atoms with Gasteiger partial charge in [0.1, 0.15) is 0 Å². The van der Waals surface area contributed by atoms with Gasteiger partial charge in [-0.15, -0.1) is 0 Å². The van der Waals surface area contributed by atoms with Gasteiger partial charge in [0, 0.05) is 31.7 Å². The summed E-state index contributed by atoms with van der Waals surface area (Å²) >= 11 is 0. The Morgan fingerprint density at radius 1 is 0.679 bits per heavy atom. The highest BCUT2D eigenvalue weighted by Gasteiger charge is 2.24. The number of hydrogen-bond acceptors (Lipinski definition) is 3. The Kier molecular flexibility index (Phi) is 5.24. The highest BCUT2D eigenvalue weighted by atomic mass is 16.3. The van der Waals surface area contributed by atoms with E-state index in [1.165, 1.54) is 6.26 Å². The maximum absolute atomic E-state index is 12.9. The molecule has 2 heterocycles. The van der Waals surface area contributed by atoms with E-state index in [9.17, 15) is 9.59 Å². The number of hydrogen-bond donors (Lipinski definition) is 0. The molecule has 1 saturated heterocycles. The van der Waals surface area contributed by atoms with E-state index in [1.54, 1.807) is 17.0 Å². The van der Waals surface area contributed by atoms with E-state index in [1.807, 2.05) is 47.4 Å². The second kappa shape index (κ2) is 8.13. The van der Waals surface area contributed by atoms with Crippen LogP contribution in [-0.2, 0) is 0 Å². The Bertz CT molecular complexity index is 934. The number of amides is 2. The molecule has 1 fully saturated rings. The third kappa shape index (κ3) is 3.83. The molecule has 3 aromatic rings. The minimum Gasteiger partial charge on any atom is -0.459 e. The summed E-state index contributed by atoms with van der Waals surface area (Å²) < 4.78 is 5.21. The van der Waals surface area contributed by atoms with Crippen LogP contribution in [0.5, 0.6) is 0 Å². The van der Waals surface area contributed by atoms with Gasteiger partial charge in [-0.25, -0.2) is 0 Å². The van der Waals surface area contributed by atoms with E-state index in [0.29, 0.717) is 37.5 Å². The summed E-state index contributed by atoms with van der Waals surface area (Å²) in [6.45, 7) is 2.29. The van der Waals surface area contributed by atoms with Crippen molar-refractivity contribution < 1.29 is 14.0 Å². The van der Waals surface area contributed by atoms with Gasteiger partial charge in [-0.2, -0.15) is 0 Å². The van der Waals surface area contributed by atoms with Crippen molar-refractivity contribution in [3.05, 3.63) is 84.3 Å². The van der Waals surface area contributed by atoms with E-state index in [4.69, 9.17) is 4.42 Å². The molecule has 0 saturated carbocycles. The fourth-order valence-corrected chi connectivity index (χ4v) is 3.50. The lowest BCUT2D eigenvalue weighted by atomic mass is 10.0. The standard InChI is InChI=1S/C23H22N2O3/c26-22(20-11-9-19(10-12-20)18-6-2-1-3-7-18)24-13-5-14-25(16-15-24)23(27)21-8-4-17-28-21/h1-4,6-12,17H,5,13-16H2. The lowest BCUT2D eigenvalue weighted by Crippen LogP contribution is -2.37. The van der Waals surface area contributed by atoms with E-state index in [-0.39, 0.29) is 11.8 Å². The molecule has 28 heavy (non-hydrogen) atoms. The van der Waals surface area contributed by atoms with Crippen LogP contribution in [-0.4, -0.2) is 47.8 Å². The fourth-order valence-electron chi connectivity index (χ4n) is 3.50. The zero-order valence-electron chi connectivity index (χ0n) is 15.6. The summed E-state index contributed by atoms with van der Waals surface area (Å²) in [6, 6.07) is 21.2. The molecule has 0 atom stereocenters. The van der Waals surface area contributed by atoms with Gasteiger partial charge in [-0.3, -0.25) is 9.59 Å². The smallest absolute Gasteiger partial charge is 0.289 e. The molecule has 4 rings (SSSR count). The molecule has 2 aromatic carbocycles. The molecule has 0 bridgehead atoms. The highest BCUT2D eigenvalue weighted by molar-refractivity contribution is 5.95. The van der Waals surface area contributed by atoms with Crippen LogP contribution in [0.15, 0.2) is 77.4 Å². The number of nitrogens with zero attached hydrogens (tertiary/aromatic N) is 2. The minimum atomic E-state index is -0.119. The Balaban J connectivity index is 1.42. The summed E-state index contributed by atoms with van der Waals surface area (Å²) in [5, 5.41) is 0. The molecule has 142 valence electrons. The Morgan fingerprint density at radius 2 is 1.32 bits per heavy atom. The largest absolute Gasteiger partial charge is 0.459 e. The number of carbonyl (C=O) groups excluding carboxylic acids is 2. The van der Waals surface area contributed by atoms with Crippen LogP contribution < -0.4 is 0 Å². The molecule has 0 N–H and O–H groups in total. The second-order valence-corrected chi connectivity index (χ2v) is 6.86. The molecule has 1 aliphatic rings. The minimum absolute atomic E-state index is 0.00640. The van der Waals surface area contributed by atoms with Crippen LogP contribution in [0.3, 0.4) is 0 Å². The zero-order valence-corrected chi connectivity index (χ0v) is 15.6. The van der Waals surface area contributed by atoms with Crippen molar-refractivity contribution in [2.75, 3.05) is 26.2 Å². The van der Waals surface area contributed by atoms with E-state index in [2.05, 4.69) is 12.1 Å². The van der Waals surface area contributed by atoms with Crippen LogP contribution in [0.4, 0.5) is 0 Å². The summed E-state index contributed by atoms with van der Waals surface area (Å²) in [5.41, 5.74) is 2.89. The first-order valence-electron chi connectivity index (χ1n) is 9.50. The van der Waals surface area contributed by atoms with Gasteiger partial charge in [0.15, 0.2) is 5.76 Å². The van der Waals surface area contributed by atoms with Crippen molar-refractivity contribution in [1.82, 2.24) is 9.80 Å².